The van der Waals surface area contributed by atoms with Crippen molar-refractivity contribution in [2.24, 2.45) is 0 Å². The number of hydrogen-bond donors (Lipinski definition) is 1. The molecule has 1 aromatic carbocycles. The van der Waals surface area contributed by atoms with Crippen LogP contribution in [0.1, 0.15) is 18.4 Å². The van der Waals surface area contributed by atoms with Gasteiger partial charge in [-0.15, -0.1) is 0 Å². The molecule has 0 aliphatic carbocycles. The van der Waals surface area contributed by atoms with Crippen molar-refractivity contribution in [1.82, 2.24) is 10.3 Å². The topological polar surface area (TPSA) is 34.1 Å². The number of hydrogen-bond acceptors (Lipinski definition) is 3. The van der Waals surface area contributed by atoms with Gasteiger partial charge in [-0.1, -0.05) is 18.2 Å². The van der Waals surface area contributed by atoms with E-state index in [0.29, 0.717) is 0 Å². The predicted octanol–water partition coefficient (Wildman–Crippen LogP) is 2.67. The van der Waals surface area contributed by atoms with Crippen LogP contribution in [-0.4, -0.2) is 24.2 Å². The molecule has 1 fully saturated rings. The third-order valence-electron chi connectivity index (χ3n) is 3.40. The number of nitrogens with one attached hydrogen (secondary N) is 1. The highest BCUT2D eigenvalue weighted by Crippen LogP contribution is 2.23. The molecule has 0 amide bonds. The molecular weight excluding hydrogens is 224 g/mol. The van der Waals surface area contributed by atoms with Gasteiger partial charge in [0.15, 0.2) is 0 Å². The van der Waals surface area contributed by atoms with E-state index in [2.05, 4.69) is 29.4 Å². The molecule has 1 aliphatic heterocycles. The Hall–Kier alpha value is -1.61. The molecule has 1 unspecified atom stereocenters. The van der Waals surface area contributed by atoms with Crippen LogP contribution in [0.5, 0.6) is 5.88 Å². The molecule has 94 valence electrons. The quantitative estimate of drug-likeness (QED) is 0.879. The van der Waals surface area contributed by atoms with Gasteiger partial charge in [0, 0.05) is 17.5 Å². The van der Waals surface area contributed by atoms with E-state index in [1.54, 1.807) is 0 Å². The fourth-order valence-electron chi connectivity index (χ4n) is 2.40. The molecule has 0 saturated carbocycles. The van der Waals surface area contributed by atoms with Crippen LogP contribution in [0.4, 0.5) is 0 Å². The second-order valence-electron chi connectivity index (χ2n) is 4.89. The van der Waals surface area contributed by atoms with Crippen molar-refractivity contribution >= 4 is 10.9 Å². The second-order valence-corrected chi connectivity index (χ2v) is 4.89. The molecule has 1 saturated heterocycles. The van der Waals surface area contributed by atoms with Crippen molar-refractivity contribution in [1.29, 1.82) is 0 Å². The monoisotopic (exact) mass is 242 g/mol. The third-order valence-corrected chi connectivity index (χ3v) is 3.40. The summed E-state index contributed by atoms with van der Waals surface area (Å²) >= 11 is 0. The molecule has 1 N–H and O–H groups in total. The average molecular weight is 242 g/mol. The normalized spacial score (nSPS) is 19.9. The summed E-state index contributed by atoms with van der Waals surface area (Å²) in [6, 6.07) is 10.3. The maximum Gasteiger partial charge on any atom is 0.217 e. The SMILES string of the molecule is Cc1cc2ccccc2nc1OC1CCCNC1. The third kappa shape index (κ3) is 2.31. The van der Waals surface area contributed by atoms with E-state index < -0.39 is 0 Å². The van der Waals surface area contributed by atoms with E-state index in [0.717, 1.165) is 36.5 Å². The van der Waals surface area contributed by atoms with Crippen molar-refractivity contribution in [3.05, 3.63) is 35.9 Å². The van der Waals surface area contributed by atoms with Gasteiger partial charge < -0.3 is 10.1 Å². The van der Waals surface area contributed by atoms with E-state index >= 15 is 0 Å². The Bertz CT molecular complexity index is 547. The zero-order chi connectivity index (χ0) is 12.4. The van der Waals surface area contributed by atoms with Crippen LogP contribution in [0.3, 0.4) is 0 Å². The maximum absolute atomic E-state index is 6.02. The first-order valence-electron chi connectivity index (χ1n) is 6.57. The number of nitrogens with zero attached hydrogens (tertiary/aromatic N) is 1. The molecule has 2 aromatic rings. The molecule has 3 nitrogen and oxygen atoms in total. The molecule has 1 aliphatic rings. The number of ether oxygens (including phenoxy) is 1. The van der Waals surface area contributed by atoms with Gasteiger partial charge in [-0.05, 0) is 38.4 Å². The van der Waals surface area contributed by atoms with Gasteiger partial charge in [0.1, 0.15) is 6.10 Å². The van der Waals surface area contributed by atoms with Crippen LogP contribution < -0.4 is 10.1 Å². The van der Waals surface area contributed by atoms with E-state index in [4.69, 9.17) is 4.74 Å². The van der Waals surface area contributed by atoms with Gasteiger partial charge >= 0.3 is 0 Å². The van der Waals surface area contributed by atoms with Gasteiger partial charge in [-0.3, -0.25) is 0 Å². The second kappa shape index (κ2) is 4.94. The first-order chi connectivity index (χ1) is 8.83. The number of fused-ring (bicyclic) bond motifs is 1. The zero-order valence-electron chi connectivity index (χ0n) is 10.6. The van der Waals surface area contributed by atoms with E-state index in [1.807, 2.05) is 18.2 Å². The summed E-state index contributed by atoms with van der Waals surface area (Å²) in [6.07, 6.45) is 2.55. The van der Waals surface area contributed by atoms with E-state index in [-0.39, 0.29) is 6.10 Å². The molecular formula is C15H18N2O. The van der Waals surface area contributed by atoms with Crippen molar-refractivity contribution in [2.75, 3.05) is 13.1 Å². The standard InChI is InChI=1S/C15H18N2O/c1-11-9-12-5-2-3-7-14(12)17-15(11)18-13-6-4-8-16-10-13/h2-3,5,7,9,13,16H,4,6,8,10H2,1H3. The Kier molecular flexibility index (Phi) is 3.15. The summed E-state index contributed by atoms with van der Waals surface area (Å²) in [5.41, 5.74) is 2.11. The van der Waals surface area contributed by atoms with Crippen LogP contribution in [0.15, 0.2) is 30.3 Å². The summed E-state index contributed by atoms with van der Waals surface area (Å²) in [5.74, 6) is 0.780. The Balaban J connectivity index is 1.88. The number of rotatable bonds is 2. The summed E-state index contributed by atoms with van der Waals surface area (Å²) in [7, 11) is 0. The van der Waals surface area contributed by atoms with Crippen LogP contribution >= 0.6 is 0 Å². The van der Waals surface area contributed by atoms with Crippen LogP contribution in [0.25, 0.3) is 10.9 Å². The van der Waals surface area contributed by atoms with Crippen LogP contribution in [0.2, 0.25) is 0 Å². The first kappa shape index (κ1) is 11.5. The summed E-state index contributed by atoms with van der Waals surface area (Å²) in [6.45, 7) is 4.09. The first-order valence-corrected chi connectivity index (χ1v) is 6.57. The van der Waals surface area contributed by atoms with Gasteiger partial charge in [-0.25, -0.2) is 4.98 Å². The fraction of sp³-hybridized carbons (Fsp3) is 0.400. The highest BCUT2D eigenvalue weighted by molar-refractivity contribution is 5.79. The van der Waals surface area contributed by atoms with Crippen molar-refractivity contribution in [3.8, 4) is 5.88 Å². The largest absolute Gasteiger partial charge is 0.473 e. The van der Waals surface area contributed by atoms with E-state index in [1.165, 1.54) is 11.8 Å². The smallest absolute Gasteiger partial charge is 0.217 e. The Morgan fingerprint density at radius 2 is 2.22 bits per heavy atom. The number of para-hydroxylation sites is 1. The van der Waals surface area contributed by atoms with Crippen molar-refractivity contribution in [2.45, 2.75) is 25.9 Å². The molecule has 1 aromatic heterocycles. The number of aryl methyl sites for hydroxylation is 1. The number of piperidine rings is 1. The number of benzene rings is 1. The van der Waals surface area contributed by atoms with Gasteiger partial charge in [-0.2, -0.15) is 0 Å². The lowest BCUT2D eigenvalue weighted by Gasteiger charge is -2.24. The molecule has 3 rings (SSSR count). The zero-order valence-corrected chi connectivity index (χ0v) is 10.6. The Morgan fingerprint density at radius 1 is 1.33 bits per heavy atom. The van der Waals surface area contributed by atoms with E-state index in [9.17, 15) is 0 Å². The lowest BCUT2D eigenvalue weighted by molar-refractivity contribution is 0.160. The minimum absolute atomic E-state index is 0.256. The fourth-order valence-corrected chi connectivity index (χ4v) is 2.40. The van der Waals surface area contributed by atoms with Gasteiger partial charge in [0.25, 0.3) is 0 Å². The summed E-state index contributed by atoms with van der Waals surface area (Å²) in [4.78, 5) is 4.62. The minimum atomic E-state index is 0.256. The molecule has 0 spiro atoms. The molecule has 0 radical (unpaired) electrons. The Labute approximate surface area is 107 Å². The van der Waals surface area contributed by atoms with Gasteiger partial charge in [0.2, 0.25) is 5.88 Å². The van der Waals surface area contributed by atoms with Crippen LogP contribution in [-0.2, 0) is 0 Å². The minimum Gasteiger partial charge on any atom is -0.473 e. The highest BCUT2D eigenvalue weighted by Gasteiger charge is 2.16. The number of aromatic nitrogens is 1. The molecule has 3 heteroatoms. The number of pyridine rings is 1. The summed E-state index contributed by atoms with van der Waals surface area (Å²) in [5, 5.41) is 4.53. The van der Waals surface area contributed by atoms with Crippen molar-refractivity contribution in [3.63, 3.8) is 0 Å². The van der Waals surface area contributed by atoms with Crippen molar-refractivity contribution < 1.29 is 4.74 Å². The summed E-state index contributed by atoms with van der Waals surface area (Å²) < 4.78 is 6.02. The molecule has 0 bridgehead atoms. The predicted molar refractivity (Wildman–Crippen MR) is 73.0 cm³/mol. The molecule has 2 heterocycles. The molecule has 1 atom stereocenters. The average Bonchev–Trinajstić information content (AvgIpc) is 2.41. The van der Waals surface area contributed by atoms with Crippen LogP contribution in [0, 0.1) is 6.92 Å². The lowest BCUT2D eigenvalue weighted by Crippen LogP contribution is -2.37. The highest BCUT2D eigenvalue weighted by atomic mass is 16.5. The molecule has 18 heavy (non-hydrogen) atoms. The maximum atomic E-state index is 6.02. The Morgan fingerprint density at radius 3 is 3.06 bits per heavy atom. The lowest BCUT2D eigenvalue weighted by atomic mass is 10.1. The van der Waals surface area contributed by atoms with Gasteiger partial charge in [0.05, 0.1) is 5.52 Å².